The molecule has 0 aliphatic carbocycles. The molecule has 0 saturated heterocycles. The Bertz CT molecular complexity index is 1080. The number of rotatable bonds is 5. The number of nitrogens with zero attached hydrogens (tertiary/aromatic N) is 2. The van der Waals surface area contributed by atoms with E-state index in [1.165, 1.54) is 12.1 Å². The summed E-state index contributed by atoms with van der Waals surface area (Å²) in [6.45, 7) is 4.01. The standard InChI is InChI=1S/C22H20FN3O2S/c1-13-11-24-14(2)21(26-13)15-8-16-9-17(28-22(16)19(23)10-15)12-25-20(27)6-5-18-4-3-7-29-18/h3-8,10-11,17H,9,12H2,1-2H3,(H,25,27). The lowest BCUT2D eigenvalue weighted by Crippen LogP contribution is -2.33. The van der Waals surface area contributed by atoms with E-state index in [0.717, 1.165) is 21.8 Å². The first-order valence-corrected chi connectivity index (χ1v) is 10.2. The molecule has 7 heteroatoms. The van der Waals surface area contributed by atoms with E-state index in [9.17, 15) is 9.18 Å². The Kier molecular flexibility index (Phi) is 5.40. The highest BCUT2D eigenvalue weighted by atomic mass is 32.1. The second-order valence-corrected chi connectivity index (χ2v) is 7.91. The Hall–Kier alpha value is -3.06. The van der Waals surface area contributed by atoms with Gasteiger partial charge in [0.1, 0.15) is 6.10 Å². The summed E-state index contributed by atoms with van der Waals surface area (Å²) in [5.41, 5.74) is 3.65. The van der Waals surface area contributed by atoms with Crippen LogP contribution in [0.2, 0.25) is 0 Å². The van der Waals surface area contributed by atoms with Gasteiger partial charge in [0.05, 0.1) is 23.6 Å². The maximum atomic E-state index is 14.6. The van der Waals surface area contributed by atoms with Crippen LogP contribution in [0.3, 0.4) is 0 Å². The van der Waals surface area contributed by atoms with E-state index in [0.29, 0.717) is 24.2 Å². The van der Waals surface area contributed by atoms with Gasteiger partial charge >= 0.3 is 0 Å². The summed E-state index contributed by atoms with van der Waals surface area (Å²) < 4.78 is 20.4. The third kappa shape index (κ3) is 4.35. The summed E-state index contributed by atoms with van der Waals surface area (Å²) in [6, 6.07) is 7.19. The van der Waals surface area contributed by atoms with Crippen molar-refractivity contribution in [3.05, 3.63) is 69.6 Å². The fraction of sp³-hybridized carbons (Fsp3) is 0.227. The molecule has 1 aliphatic heterocycles. The van der Waals surface area contributed by atoms with Gasteiger partial charge in [-0.25, -0.2) is 9.37 Å². The van der Waals surface area contributed by atoms with Crippen molar-refractivity contribution in [3.8, 4) is 17.0 Å². The van der Waals surface area contributed by atoms with Crippen molar-refractivity contribution in [2.75, 3.05) is 6.54 Å². The lowest BCUT2D eigenvalue weighted by Gasteiger charge is -2.11. The van der Waals surface area contributed by atoms with Crippen molar-refractivity contribution < 1.29 is 13.9 Å². The zero-order chi connectivity index (χ0) is 20.4. The third-order valence-corrected chi connectivity index (χ3v) is 5.49. The number of hydrogen-bond donors (Lipinski definition) is 1. The number of aryl methyl sites for hydroxylation is 2. The zero-order valence-electron chi connectivity index (χ0n) is 16.1. The van der Waals surface area contributed by atoms with Gasteiger partial charge in [-0.15, -0.1) is 11.3 Å². The molecule has 4 rings (SSSR count). The van der Waals surface area contributed by atoms with E-state index in [1.807, 2.05) is 37.4 Å². The quantitative estimate of drug-likeness (QED) is 0.645. The van der Waals surface area contributed by atoms with E-state index in [1.54, 1.807) is 23.6 Å². The Morgan fingerprint density at radius 2 is 2.28 bits per heavy atom. The molecular formula is C22H20FN3O2S. The van der Waals surface area contributed by atoms with E-state index in [-0.39, 0.29) is 17.8 Å². The minimum atomic E-state index is -0.424. The summed E-state index contributed by atoms with van der Waals surface area (Å²) in [5, 5.41) is 4.77. The Balaban J connectivity index is 1.43. The molecule has 1 N–H and O–H groups in total. The third-order valence-electron chi connectivity index (χ3n) is 4.65. The molecule has 3 aromatic rings. The van der Waals surface area contributed by atoms with Crippen LogP contribution in [0.5, 0.6) is 5.75 Å². The molecule has 5 nitrogen and oxygen atoms in total. The summed E-state index contributed by atoms with van der Waals surface area (Å²) in [6.07, 6.45) is 5.16. The van der Waals surface area contributed by atoms with Crippen LogP contribution in [-0.2, 0) is 11.2 Å². The molecule has 0 saturated carbocycles. The highest BCUT2D eigenvalue weighted by Crippen LogP contribution is 2.35. The molecule has 1 amide bonds. The molecule has 0 spiro atoms. The van der Waals surface area contributed by atoms with Gasteiger partial charge in [-0.2, -0.15) is 0 Å². The summed E-state index contributed by atoms with van der Waals surface area (Å²) in [7, 11) is 0. The van der Waals surface area contributed by atoms with Crippen LogP contribution in [0.4, 0.5) is 4.39 Å². The SMILES string of the molecule is Cc1cnc(C)c(-c2cc(F)c3c(c2)CC(CNC(=O)C=Cc2cccs2)O3)n1. The highest BCUT2D eigenvalue weighted by Gasteiger charge is 2.27. The van der Waals surface area contributed by atoms with E-state index in [4.69, 9.17) is 4.74 Å². The number of ether oxygens (including phenoxy) is 1. The van der Waals surface area contributed by atoms with Gasteiger partial charge in [0.2, 0.25) is 5.91 Å². The lowest BCUT2D eigenvalue weighted by atomic mass is 10.0. The van der Waals surface area contributed by atoms with E-state index in [2.05, 4.69) is 15.3 Å². The summed E-state index contributed by atoms with van der Waals surface area (Å²) >= 11 is 1.56. The number of aromatic nitrogens is 2. The topological polar surface area (TPSA) is 64.1 Å². The number of nitrogens with one attached hydrogen (secondary N) is 1. The molecule has 0 bridgehead atoms. The summed E-state index contributed by atoms with van der Waals surface area (Å²) in [4.78, 5) is 21.8. The second-order valence-electron chi connectivity index (χ2n) is 6.93. The number of amides is 1. The van der Waals surface area contributed by atoms with Crippen molar-refractivity contribution in [2.24, 2.45) is 0 Å². The smallest absolute Gasteiger partial charge is 0.244 e. The second kappa shape index (κ2) is 8.13. The van der Waals surface area contributed by atoms with Gasteiger partial charge in [-0.05, 0) is 43.5 Å². The van der Waals surface area contributed by atoms with Crippen molar-refractivity contribution in [1.29, 1.82) is 0 Å². The molecular weight excluding hydrogens is 389 g/mol. The maximum absolute atomic E-state index is 14.6. The van der Waals surface area contributed by atoms with Crippen LogP contribution in [0, 0.1) is 19.7 Å². The first kappa shape index (κ1) is 19.3. The molecule has 29 heavy (non-hydrogen) atoms. The Labute approximate surface area is 172 Å². The number of benzene rings is 1. The largest absolute Gasteiger partial charge is 0.485 e. The van der Waals surface area contributed by atoms with Gasteiger partial charge in [0.25, 0.3) is 0 Å². The summed E-state index contributed by atoms with van der Waals surface area (Å²) in [5.74, 6) is -0.378. The predicted molar refractivity (Wildman–Crippen MR) is 111 cm³/mol. The molecule has 1 aromatic carbocycles. The van der Waals surface area contributed by atoms with Gasteiger partial charge in [0, 0.05) is 34.7 Å². The van der Waals surface area contributed by atoms with E-state index >= 15 is 0 Å². The van der Waals surface area contributed by atoms with Crippen LogP contribution < -0.4 is 10.1 Å². The number of fused-ring (bicyclic) bond motifs is 1. The molecule has 0 radical (unpaired) electrons. The minimum absolute atomic E-state index is 0.204. The van der Waals surface area contributed by atoms with Crippen LogP contribution in [0.1, 0.15) is 21.8 Å². The number of hydrogen-bond acceptors (Lipinski definition) is 5. The maximum Gasteiger partial charge on any atom is 0.244 e. The molecule has 2 aromatic heterocycles. The Morgan fingerprint density at radius 1 is 1.41 bits per heavy atom. The Morgan fingerprint density at radius 3 is 3.07 bits per heavy atom. The van der Waals surface area contributed by atoms with Crippen molar-refractivity contribution in [3.63, 3.8) is 0 Å². The monoisotopic (exact) mass is 409 g/mol. The predicted octanol–water partition coefficient (Wildman–Crippen LogP) is 4.09. The van der Waals surface area contributed by atoms with Gasteiger partial charge in [0.15, 0.2) is 11.6 Å². The fourth-order valence-electron chi connectivity index (χ4n) is 3.27. The number of halogens is 1. The van der Waals surface area contributed by atoms with Crippen LogP contribution >= 0.6 is 11.3 Å². The first-order valence-electron chi connectivity index (χ1n) is 9.28. The normalized spacial score (nSPS) is 15.3. The fourth-order valence-corrected chi connectivity index (χ4v) is 3.88. The molecule has 1 atom stereocenters. The van der Waals surface area contributed by atoms with Crippen LogP contribution in [0.15, 0.2) is 41.9 Å². The van der Waals surface area contributed by atoms with Gasteiger partial charge in [-0.1, -0.05) is 6.07 Å². The van der Waals surface area contributed by atoms with Crippen LogP contribution in [-0.4, -0.2) is 28.5 Å². The number of carbonyl (C=O) groups excluding carboxylic acids is 1. The minimum Gasteiger partial charge on any atom is -0.485 e. The zero-order valence-corrected chi connectivity index (χ0v) is 16.9. The van der Waals surface area contributed by atoms with Crippen LogP contribution in [0.25, 0.3) is 17.3 Å². The molecule has 1 unspecified atom stereocenters. The van der Waals surface area contributed by atoms with Gasteiger partial charge < -0.3 is 10.1 Å². The number of thiophene rings is 1. The first-order chi connectivity index (χ1) is 14.0. The van der Waals surface area contributed by atoms with Gasteiger partial charge in [-0.3, -0.25) is 9.78 Å². The van der Waals surface area contributed by atoms with E-state index < -0.39 is 5.82 Å². The average molecular weight is 409 g/mol. The lowest BCUT2D eigenvalue weighted by molar-refractivity contribution is -0.116. The molecule has 148 valence electrons. The highest BCUT2D eigenvalue weighted by molar-refractivity contribution is 7.10. The molecule has 0 fully saturated rings. The average Bonchev–Trinajstić information content (AvgIpc) is 3.36. The number of carbonyl (C=O) groups is 1. The molecule has 3 heterocycles. The molecule has 1 aliphatic rings. The van der Waals surface area contributed by atoms with Crippen molar-refractivity contribution in [1.82, 2.24) is 15.3 Å². The van der Waals surface area contributed by atoms with Crippen molar-refractivity contribution >= 4 is 23.3 Å². The van der Waals surface area contributed by atoms with Crippen molar-refractivity contribution in [2.45, 2.75) is 26.4 Å².